The Morgan fingerprint density at radius 1 is 1.36 bits per heavy atom. The van der Waals surface area contributed by atoms with Crippen molar-refractivity contribution in [2.24, 2.45) is 0 Å². The molecule has 1 aliphatic rings. The lowest BCUT2D eigenvalue weighted by molar-refractivity contribution is -0.128. The number of nitrogens with one attached hydrogen (secondary N) is 1. The molecule has 4 nitrogen and oxygen atoms in total. The van der Waals surface area contributed by atoms with Crippen LogP contribution in [0.15, 0.2) is 36.9 Å². The normalized spacial score (nSPS) is 16.0. The number of carbonyl (C=O) groups is 2. The summed E-state index contributed by atoms with van der Waals surface area (Å²) in [6, 6.07) is 7.42. The van der Waals surface area contributed by atoms with Crippen molar-refractivity contribution in [3.05, 3.63) is 48.0 Å². The van der Waals surface area contributed by atoms with Gasteiger partial charge in [-0.1, -0.05) is 18.2 Å². The van der Waals surface area contributed by atoms with Gasteiger partial charge in [-0.3, -0.25) is 4.79 Å². The van der Waals surface area contributed by atoms with E-state index in [0.29, 0.717) is 16.7 Å². The topological polar surface area (TPSA) is 55.4 Å². The summed E-state index contributed by atoms with van der Waals surface area (Å²) in [5.41, 5.74) is 1.67. The third-order valence-corrected chi connectivity index (χ3v) is 6.22. The minimum atomic E-state index is -0.826. The molecule has 0 unspecified atom stereocenters. The summed E-state index contributed by atoms with van der Waals surface area (Å²) in [6.45, 7) is 5.42. The zero-order chi connectivity index (χ0) is 15.9. The molecule has 6 heteroatoms. The third-order valence-electron chi connectivity index (χ3n) is 3.11. The molecule has 1 amide bonds. The molecular weight excluding hydrogens is 318 g/mol. The first-order chi connectivity index (χ1) is 10.6. The first-order valence-corrected chi connectivity index (χ1v) is 9.14. The van der Waals surface area contributed by atoms with Gasteiger partial charge in [0.1, 0.15) is 0 Å². The van der Waals surface area contributed by atoms with Crippen LogP contribution in [0.25, 0.3) is 0 Å². The quantitative estimate of drug-likeness (QED) is 0.639. The fourth-order valence-corrected chi connectivity index (χ4v) is 4.79. The Morgan fingerprint density at radius 3 is 2.59 bits per heavy atom. The number of amides is 1. The van der Waals surface area contributed by atoms with Gasteiger partial charge >= 0.3 is 5.97 Å². The van der Waals surface area contributed by atoms with Crippen molar-refractivity contribution in [2.45, 2.75) is 17.6 Å². The van der Waals surface area contributed by atoms with Gasteiger partial charge in [-0.25, -0.2) is 4.79 Å². The molecule has 0 aliphatic carbocycles. The van der Waals surface area contributed by atoms with E-state index in [2.05, 4.69) is 11.9 Å². The highest BCUT2D eigenvalue weighted by Crippen LogP contribution is 2.45. The summed E-state index contributed by atoms with van der Waals surface area (Å²) in [5.74, 6) is 1.51. The van der Waals surface area contributed by atoms with E-state index < -0.39 is 12.1 Å². The van der Waals surface area contributed by atoms with Crippen LogP contribution in [0.5, 0.6) is 0 Å². The van der Waals surface area contributed by atoms with E-state index in [1.807, 2.05) is 35.7 Å². The Balaban J connectivity index is 1.91. The summed E-state index contributed by atoms with van der Waals surface area (Å²) < 4.78 is 5.62. The molecule has 1 N–H and O–H groups in total. The molecule has 1 saturated heterocycles. The zero-order valence-corrected chi connectivity index (χ0v) is 14.0. The van der Waals surface area contributed by atoms with Crippen LogP contribution in [0.3, 0.4) is 0 Å². The number of benzene rings is 1. The summed E-state index contributed by atoms with van der Waals surface area (Å²) >= 11 is 3.84. The molecule has 0 spiro atoms. The van der Waals surface area contributed by atoms with Crippen molar-refractivity contribution >= 4 is 35.4 Å². The lowest BCUT2D eigenvalue weighted by atomic mass is 10.1. The Morgan fingerprint density at radius 2 is 2.00 bits per heavy atom. The second-order valence-corrected chi connectivity index (χ2v) is 7.50. The molecule has 0 bridgehead atoms. The highest BCUT2D eigenvalue weighted by molar-refractivity contribution is 8.19. The van der Waals surface area contributed by atoms with Crippen LogP contribution in [-0.2, 0) is 9.53 Å². The van der Waals surface area contributed by atoms with Gasteiger partial charge in [0.05, 0.1) is 10.1 Å². The van der Waals surface area contributed by atoms with Gasteiger partial charge in [0.15, 0.2) is 6.10 Å². The van der Waals surface area contributed by atoms with Crippen LogP contribution < -0.4 is 5.32 Å². The second kappa shape index (κ2) is 8.29. The largest absolute Gasteiger partial charge is 0.449 e. The maximum atomic E-state index is 12.0. The fourth-order valence-electron chi connectivity index (χ4n) is 1.93. The van der Waals surface area contributed by atoms with Gasteiger partial charge in [0, 0.05) is 18.1 Å². The molecule has 1 fully saturated rings. The van der Waals surface area contributed by atoms with E-state index in [0.717, 1.165) is 11.5 Å². The molecule has 1 aliphatic heterocycles. The van der Waals surface area contributed by atoms with Gasteiger partial charge in [0.25, 0.3) is 5.91 Å². The number of thioether (sulfide) groups is 2. The maximum absolute atomic E-state index is 12.0. The van der Waals surface area contributed by atoms with Crippen LogP contribution in [0.4, 0.5) is 0 Å². The molecule has 0 saturated carbocycles. The van der Waals surface area contributed by atoms with E-state index in [1.165, 1.54) is 5.56 Å². The van der Waals surface area contributed by atoms with Gasteiger partial charge in [-0.05, 0) is 24.6 Å². The van der Waals surface area contributed by atoms with Crippen molar-refractivity contribution < 1.29 is 14.3 Å². The number of rotatable bonds is 6. The van der Waals surface area contributed by atoms with Crippen molar-refractivity contribution in [1.29, 1.82) is 0 Å². The Hall–Kier alpha value is -1.40. The van der Waals surface area contributed by atoms with E-state index in [-0.39, 0.29) is 5.91 Å². The maximum Gasteiger partial charge on any atom is 0.338 e. The second-order valence-electron chi connectivity index (χ2n) is 4.78. The lowest BCUT2D eigenvalue weighted by Gasteiger charge is -2.13. The number of hydrogen-bond donors (Lipinski definition) is 1. The molecule has 1 heterocycles. The van der Waals surface area contributed by atoms with E-state index in [1.54, 1.807) is 25.1 Å². The zero-order valence-electron chi connectivity index (χ0n) is 12.4. The molecular formula is C16H19NO3S2. The van der Waals surface area contributed by atoms with Crippen LogP contribution in [0.1, 0.15) is 27.4 Å². The summed E-state index contributed by atoms with van der Waals surface area (Å²) in [5, 5.41) is 2.60. The lowest BCUT2D eigenvalue weighted by Crippen LogP contribution is -2.35. The average molecular weight is 337 g/mol. The Kier molecular flexibility index (Phi) is 6.39. The highest BCUT2D eigenvalue weighted by Gasteiger charge is 2.20. The van der Waals surface area contributed by atoms with Crippen molar-refractivity contribution in [1.82, 2.24) is 5.32 Å². The van der Waals surface area contributed by atoms with Gasteiger partial charge in [-0.2, -0.15) is 0 Å². The van der Waals surface area contributed by atoms with E-state index in [9.17, 15) is 9.59 Å². The predicted octanol–water partition coefficient (Wildman–Crippen LogP) is 3.01. The molecule has 0 aromatic heterocycles. The van der Waals surface area contributed by atoms with Crippen LogP contribution in [0.2, 0.25) is 0 Å². The standard InChI is InChI=1S/C16H19NO3S2/c1-3-8-17-14(18)11(2)20-15(19)12-4-6-13(7-5-12)16-21-9-10-22-16/h3-7,11,16H,1,8-10H2,2H3,(H,17,18)/t11-/m0/s1. The number of esters is 1. The smallest absolute Gasteiger partial charge is 0.338 e. The molecule has 118 valence electrons. The summed E-state index contributed by atoms with van der Waals surface area (Å²) in [7, 11) is 0. The van der Waals surface area contributed by atoms with Crippen molar-refractivity contribution in [3.63, 3.8) is 0 Å². The SMILES string of the molecule is C=CCNC(=O)[C@H](C)OC(=O)c1ccc(C2SCCS2)cc1. The Labute approximate surface area is 139 Å². The molecule has 1 aromatic rings. The minimum Gasteiger partial charge on any atom is -0.449 e. The molecule has 1 aromatic carbocycles. The van der Waals surface area contributed by atoms with Crippen molar-refractivity contribution in [3.8, 4) is 0 Å². The summed E-state index contributed by atoms with van der Waals surface area (Å²) in [4.78, 5) is 23.7. The van der Waals surface area contributed by atoms with E-state index >= 15 is 0 Å². The first kappa shape index (κ1) is 17.0. The van der Waals surface area contributed by atoms with E-state index in [4.69, 9.17) is 4.74 Å². The van der Waals surface area contributed by atoms with Crippen molar-refractivity contribution in [2.75, 3.05) is 18.1 Å². The van der Waals surface area contributed by atoms with Crippen LogP contribution in [-0.4, -0.2) is 36.0 Å². The number of ether oxygens (including phenoxy) is 1. The molecule has 0 radical (unpaired) electrons. The van der Waals surface area contributed by atoms with Crippen LogP contribution in [0, 0.1) is 0 Å². The number of carbonyl (C=O) groups excluding carboxylic acids is 2. The molecule has 2 rings (SSSR count). The summed E-state index contributed by atoms with van der Waals surface area (Å²) in [6.07, 6.45) is 0.748. The Bertz CT molecular complexity index is 539. The molecule has 22 heavy (non-hydrogen) atoms. The first-order valence-electron chi connectivity index (χ1n) is 7.04. The van der Waals surface area contributed by atoms with Gasteiger partial charge in [-0.15, -0.1) is 30.1 Å². The van der Waals surface area contributed by atoms with Gasteiger partial charge < -0.3 is 10.1 Å². The van der Waals surface area contributed by atoms with Crippen LogP contribution >= 0.6 is 23.5 Å². The third kappa shape index (κ3) is 4.55. The van der Waals surface area contributed by atoms with Gasteiger partial charge in [0.2, 0.25) is 0 Å². The predicted molar refractivity (Wildman–Crippen MR) is 92.2 cm³/mol. The minimum absolute atomic E-state index is 0.330. The average Bonchev–Trinajstić information content (AvgIpc) is 3.07. The number of hydrogen-bond acceptors (Lipinski definition) is 5. The highest BCUT2D eigenvalue weighted by atomic mass is 32.2. The monoisotopic (exact) mass is 337 g/mol. The fraction of sp³-hybridized carbons (Fsp3) is 0.375. The molecule has 1 atom stereocenters.